The molecule has 170 valence electrons. The summed E-state index contributed by atoms with van der Waals surface area (Å²) in [6, 6.07) is 38.6. The molecule has 4 heterocycles. The van der Waals surface area contributed by atoms with Crippen molar-refractivity contribution in [2.75, 3.05) is 10.2 Å². The molecule has 0 saturated heterocycles. The molecule has 0 saturated carbocycles. The average molecular weight is 463 g/mol. The number of anilines is 3. The summed E-state index contributed by atoms with van der Waals surface area (Å²) in [5.74, 6) is 0. The number of nitrogens with one attached hydrogen (secondary N) is 1. The molecule has 2 aliphatic heterocycles. The van der Waals surface area contributed by atoms with Gasteiger partial charge in [0.2, 0.25) is 0 Å². The third-order valence-electron chi connectivity index (χ3n) is 7.38. The summed E-state index contributed by atoms with van der Waals surface area (Å²) < 4.78 is 2.35. The summed E-state index contributed by atoms with van der Waals surface area (Å²) in [5.41, 5.74) is 9.14. The lowest BCUT2D eigenvalue weighted by molar-refractivity contribution is 0.924. The van der Waals surface area contributed by atoms with Crippen LogP contribution in [0.3, 0.4) is 0 Å². The molecule has 0 fully saturated rings. The van der Waals surface area contributed by atoms with E-state index in [2.05, 4.69) is 124 Å². The van der Waals surface area contributed by atoms with Gasteiger partial charge in [-0.15, -0.1) is 0 Å². The summed E-state index contributed by atoms with van der Waals surface area (Å²) >= 11 is 0. The molecular formula is C32H22N4. The van der Waals surface area contributed by atoms with Gasteiger partial charge in [-0.2, -0.15) is 0 Å². The fourth-order valence-corrected chi connectivity index (χ4v) is 5.81. The second-order valence-corrected chi connectivity index (χ2v) is 9.37. The van der Waals surface area contributed by atoms with E-state index in [9.17, 15) is 0 Å². The number of para-hydroxylation sites is 2. The lowest BCUT2D eigenvalue weighted by Gasteiger charge is -2.31. The Bertz CT molecular complexity index is 1830. The molecule has 4 heteroatoms. The molecule has 0 aliphatic carbocycles. The van der Waals surface area contributed by atoms with Gasteiger partial charge >= 0.3 is 0 Å². The van der Waals surface area contributed by atoms with Crippen LogP contribution in [0.4, 0.5) is 17.1 Å². The quantitative estimate of drug-likeness (QED) is 0.287. The maximum absolute atomic E-state index is 4.85. The van der Waals surface area contributed by atoms with E-state index in [0.717, 1.165) is 34.1 Å². The lowest BCUT2D eigenvalue weighted by atomic mass is 10.0. The second kappa shape index (κ2) is 7.33. The van der Waals surface area contributed by atoms with Crippen molar-refractivity contribution in [2.24, 2.45) is 0 Å². The highest BCUT2D eigenvalue weighted by Gasteiger charge is 2.40. The molecule has 2 aliphatic rings. The highest BCUT2D eigenvalue weighted by molar-refractivity contribution is 6.09. The Hall–Kier alpha value is -4.83. The number of benzene rings is 4. The van der Waals surface area contributed by atoms with Gasteiger partial charge in [-0.25, -0.2) is 0 Å². The first kappa shape index (κ1) is 19.5. The molecular weight excluding hydrogens is 440 g/mol. The van der Waals surface area contributed by atoms with Crippen molar-refractivity contribution < 1.29 is 0 Å². The zero-order valence-electron chi connectivity index (χ0n) is 19.5. The number of aromatic nitrogens is 2. The lowest BCUT2D eigenvalue weighted by Crippen LogP contribution is -2.35. The van der Waals surface area contributed by atoms with Gasteiger partial charge in [0, 0.05) is 28.5 Å². The van der Waals surface area contributed by atoms with Crippen LogP contribution in [0.1, 0.15) is 11.4 Å². The molecule has 0 radical (unpaired) electrons. The molecule has 0 amide bonds. The van der Waals surface area contributed by atoms with Crippen LogP contribution in [0.25, 0.3) is 39.0 Å². The molecule has 0 spiro atoms. The highest BCUT2D eigenvalue weighted by atomic mass is 15.3. The van der Waals surface area contributed by atoms with E-state index in [-0.39, 0.29) is 6.17 Å². The minimum atomic E-state index is -0.0430. The second-order valence-electron chi connectivity index (χ2n) is 9.37. The van der Waals surface area contributed by atoms with E-state index in [1.165, 1.54) is 27.2 Å². The molecule has 8 rings (SSSR count). The van der Waals surface area contributed by atoms with Gasteiger partial charge in [0.05, 0.1) is 28.3 Å². The van der Waals surface area contributed by atoms with Gasteiger partial charge in [-0.3, -0.25) is 4.98 Å². The standard InChI is InChI=1S/C32H22N4/c1-2-11-23(12-3-1)35-27-14-7-6-13-25(27)31-29(35)20-26-30-28(15-8-18-33-30)36(32(26)34-31)24-17-16-21-9-4-5-10-22(21)19-24/h1-20,32,34H. The predicted octanol–water partition coefficient (Wildman–Crippen LogP) is 7.62. The van der Waals surface area contributed by atoms with Crippen LogP contribution in [0, 0.1) is 0 Å². The van der Waals surface area contributed by atoms with Crippen molar-refractivity contribution in [3.63, 3.8) is 0 Å². The van der Waals surface area contributed by atoms with Crippen LogP contribution in [0.5, 0.6) is 0 Å². The van der Waals surface area contributed by atoms with E-state index in [1.807, 2.05) is 12.3 Å². The Morgan fingerprint density at radius 3 is 2.42 bits per heavy atom. The van der Waals surface area contributed by atoms with Crippen LogP contribution >= 0.6 is 0 Å². The van der Waals surface area contributed by atoms with E-state index in [1.54, 1.807) is 0 Å². The van der Waals surface area contributed by atoms with E-state index < -0.39 is 0 Å². The van der Waals surface area contributed by atoms with Crippen LogP contribution in [-0.2, 0) is 0 Å². The SMILES string of the molecule is C1=C2c3ncccc3N(c3ccc4ccccc4c3)C2Nc2c1n(-c1ccccc1)c1ccccc21. The summed E-state index contributed by atoms with van der Waals surface area (Å²) in [6.45, 7) is 0. The van der Waals surface area contributed by atoms with Gasteiger partial charge in [-0.1, -0.05) is 66.7 Å². The third kappa shape index (κ3) is 2.67. The van der Waals surface area contributed by atoms with Gasteiger partial charge in [0.25, 0.3) is 0 Å². The van der Waals surface area contributed by atoms with E-state index >= 15 is 0 Å². The van der Waals surface area contributed by atoms with Crippen molar-refractivity contribution in [1.82, 2.24) is 9.55 Å². The summed E-state index contributed by atoms with van der Waals surface area (Å²) in [7, 11) is 0. The van der Waals surface area contributed by atoms with Crippen LogP contribution in [0.15, 0.2) is 115 Å². The molecule has 0 bridgehead atoms. The first-order chi connectivity index (χ1) is 17.9. The highest BCUT2D eigenvalue weighted by Crippen LogP contribution is 2.50. The van der Waals surface area contributed by atoms with E-state index in [0.29, 0.717) is 0 Å². The van der Waals surface area contributed by atoms with Crippen LogP contribution in [-0.4, -0.2) is 15.7 Å². The monoisotopic (exact) mass is 462 g/mol. The minimum Gasteiger partial charge on any atom is -0.359 e. The van der Waals surface area contributed by atoms with Crippen molar-refractivity contribution in [1.29, 1.82) is 0 Å². The summed E-state index contributed by atoms with van der Waals surface area (Å²) in [6.07, 6.45) is 4.18. The van der Waals surface area contributed by atoms with Crippen LogP contribution < -0.4 is 10.2 Å². The molecule has 2 aromatic heterocycles. The first-order valence-electron chi connectivity index (χ1n) is 12.3. The number of fused-ring (bicyclic) bond motifs is 7. The summed E-state index contributed by atoms with van der Waals surface area (Å²) in [5, 5.41) is 7.62. The Labute approximate surface area is 208 Å². The third-order valence-corrected chi connectivity index (χ3v) is 7.38. The smallest absolute Gasteiger partial charge is 0.132 e. The van der Waals surface area contributed by atoms with Gasteiger partial charge in [0.15, 0.2) is 0 Å². The Balaban J connectivity index is 1.37. The van der Waals surface area contributed by atoms with Crippen molar-refractivity contribution >= 4 is 50.4 Å². The molecule has 36 heavy (non-hydrogen) atoms. The Morgan fingerprint density at radius 2 is 1.50 bits per heavy atom. The number of rotatable bonds is 2. The van der Waals surface area contributed by atoms with E-state index in [4.69, 9.17) is 4.98 Å². The molecule has 4 aromatic carbocycles. The topological polar surface area (TPSA) is 33.1 Å². The first-order valence-corrected chi connectivity index (χ1v) is 12.3. The number of pyridine rings is 1. The molecule has 1 atom stereocenters. The normalized spacial score (nSPS) is 15.8. The van der Waals surface area contributed by atoms with Crippen LogP contribution in [0.2, 0.25) is 0 Å². The predicted molar refractivity (Wildman–Crippen MR) is 149 cm³/mol. The molecule has 1 unspecified atom stereocenters. The Morgan fingerprint density at radius 1 is 0.694 bits per heavy atom. The number of hydrogen-bond acceptors (Lipinski definition) is 3. The number of hydrogen-bond donors (Lipinski definition) is 1. The maximum Gasteiger partial charge on any atom is 0.132 e. The fraction of sp³-hybridized carbons (Fsp3) is 0.0312. The van der Waals surface area contributed by atoms with Crippen molar-refractivity contribution in [3.05, 3.63) is 127 Å². The van der Waals surface area contributed by atoms with Gasteiger partial charge in [0.1, 0.15) is 6.17 Å². The zero-order valence-corrected chi connectivity index (χ0v) is 19.5. The average Bonchev–Trinajstić information content (AvgIpc) is 3.44. The van der Waals surface area contributed by atoms with Crippen molar-refractivity contribution in [3.8, 4) is 5.69 Å². The molecule has 1 N–H and O–H groups in total. The van der Waals surface area contributed by atoms with Crippen molar-refractivity contribution in [2.45, 2.75) is 6.17 Å². The molecule has 4 nitrogen and oxygen atoms in total. The summed E-state index contributed by atoms with van der Waals surface area (Å²) in [4.78, 5) is 7.24. The zero-order chi connectivity index (χ0) is 23.6. The van der Waals surface area contributed by atoms with Gasteiger partial charge in [-0.05, 0) is 59.3 Å². The number of nitrogens with zero attached hydrogens (tertiary/aromatic N) is 3. The Kier molecular flexibility index (Phi) is 3.97. The largest absolute Gasteiger partial charge is 0.359 e. The fourth-order valence-electron chi connectivity index (χ4n) is 5.81. The molecule has 6 aromatic rings. The minimum absolute atomic E-state index is 0.0430. The van der Waals surface area contributed by atoms with Gasteiger partial charge < -0.3 is 14.8 Å². The maximum atomic E-state index is 4.85.